The standard InChI is InChI=1S/C28H27N3O2S.C15H19N3O2S.C4H8O.ClH/c1-5-33-26(32)28(3,4)23-18-22(16-17-29-23)25-19(2)30-27(34-25)31-24(20-12-8-6-9-13-20)21-14-10-7-11-15-21;1-5-20-13(19)15(3,4)11-8-10(6-7-17-11)12-9(2)18-14(16)21-12;1-2-4-5-3-1;/h6-18H,5H2,1-4H3;6-8H,5H2,1-4H3,(H2,16,18);1-4H2;1H. The number of aliphatic imine (C=N–C) groups is 1. The quantitative estimate of drug-likeness (QED) is 0.0983. The second-order valence-electron chi connectivity index (χ2n) is 14.9. The number of esters is 2. The summed E-state index contributed by atoms with van der Waals surface area (Å²) in [5.41, 5.74) is 12.1. The van der Waals surface area contributed by atoms with Crippen LogP contribution in [0.25, 0.3) is 20.9 Å². The van der Waals surface area contributed by atoms with E-state index in [2.05, 4.69) is 39.2 Å². The van der Waals surface area contributed by atoms with E-state index in [1.54, 1.807) is 26.2 Å². The molecule has 322 valence electrons. The Hall–Kier alpha value is -5.34. The number of thiazole rings is 2. The number of hydrogen-bond acceptors (Lipinski definition) is 13. The topological polar surface area (TPSA) is 152 Å². The summed E-state index contributed by atoms with van der Waals surface area (Å²) in [5, 5.41) is 1.21. The van der Waals surface area contributed by atoms with Gasteiger partial charge in [-0.1, -0.05) is 83.3 Å². The van der Waals surface area contributed by atoms with Crippen LogP contribution in [0.15, 0.2) is 102 Å². The van der Waals surface area contributed by atoms with Gasteiger partial charge < -0.3 is 19.9 Å². The lowest BCUT2D eigenvalue weighted by Crippen LogP contribution is -2.32. The minimum Gasteiger partial charge on any atom is -0.465 e. The molecule has 2 N–H and O–H groups in total. The number of halogens is 1. The number of benzene rings is 2. The van der Waals surface area contributed by atoms with Crippen molar-refractivity contribution in [2.24, 2.45) is 4.99 Å². The molecule has 6 aromatic rings. The largest absolute Gasteiger partial charge is 0.465 e. The molecule has 4 aromatic heterocycles. The number of nitrogens with zero attached hydrogens (tertiary/aromatic N) is 5. The van der Waals surface area contributed by atoms with E-state index < -0.39 is 10.8 Å². The average Bonchev–Trinajstić information content (AvgIpc) is 4.04. The van der Waals surface area contributed by atoms with Gasteiger partial charge in [0, 0.05) is 36.7 Å². The van der Waals surface area contributed by atoms with Crippen molar-refractivity contribution in [2.45, 2.75) is 79.1 Å². The molecule has 0 unspecified atom stereocenters. The summed E-state index contributed by atoms with van der Waals surface area (Å²) in [5.74, 6) is -0.573. The summed E-state index contributed by atoms with van der Waals surface area (Å²) in [6.45, 7) is 17.5. The van der Waals surface area contributed by atoms with Gasteiger partial charge >= 0.3 is 11.9 Å². The minimum absolute atomic E-state index is 0. The highest BCUT2D eigenvalue weighted by atomic mass is 35.5. The van der Waals surface area contributed by atoms with E-state index in [-0.39, 0.29) is 24.3 Å². The van der Waals surface area contributed by atoms with Gasteiger partial charge in [0.1, 0.15) is 10.8 Å². The fraction of sp³-hybridized carbons (Fsp3) is 0.340. The average molecular weight is 884 g/mol. The Morgan fingerprint density at radius 2 is 1.15 bits per heavy atom. The first-order chi connectivity index (χ1) is 28.8. The molecule has 1 aliphatic heterocycles. The zero-order chi connectivity index (χ0) is 43.3. The summed E-state index contributed by atoms with van der Waals surface area (Å²) in [6, 6.07) is 27.9. The molecule has 1 saturated heterocycles. The Kier molecular flexibility index (Phi) is 17.8. The molecule has 0 spiro atoms. The maximum atomic E-state index is 12.5. The molecule has 2 aromatic carbocycles. The number of anilines is 1. The fourth-order valence-electron chi connectivity index (χ4n) is 6.14. The number of rotatable bonds is 11. The number of carbonyl (C=O) groups is 2. The van der Waals surface area contributed by atoms with Crippen molar-refractivity contribution in [1.29, 1.82) is 0 Å². The van der Waals surface area contributed by atoms with Crippen molar-refractivity contribution in [3.63, 3.8) is 0 Å². The van der Waals surface area contributed by atoms with Crippen LogP contribution in [0.2, 0.25) is 0 Å². The summed E-state index contributed by atoms with van der Waals surface area (Å²) < 4.78 is 15.3. The van der Waals surface area contributed by atoms with Crippen LogP contribution in [-0.4, -0.2) is 64.0 Å². The second kappa shape index (κ2) is 22.5. The van der Waals surface area contributed by atoms with Crippen molar-refractivity contribution >= 4 is 63.0 Å². The number of nitrogen functional groups attached to an aromatic ring is 1. The molecular weight excluding hydrogens is 828 g/mol. The smallest absolute Gasteiger partial charge is 0.317 e. The van der Waals surface area contributed by atoms with Crippen LogP contribution in [0.4, 0.5) is 10.3 Å². The van der Waals surface area contributed by atoms with Crippen molar-refractivity contribution in [1.82, 2.24) is 19.9 Å². The second-order valence-corrected chi connectivity index (χ2v) is 16.9. The van der Waals surface area contributed by atoms with Gasteiger partial charge in [0.25, 0.3) is 0 Å². The van der Waals surface area contributed by atoms with Gasteiger partial charge in [0.05, 0.1) is 51.5 Å². The van der Waals surface area contributed by atoms with Crippen LogP contribution in [-0.2, 0) is 34.6 Å². The van der Waals surface area contributed by atoms with Gasteiger partial charge in [-0.2, -0.15) is 0 Å². The first-order valence-corrected chi connectivity index (χ1v) is 21.6. The lowest BCUT2D eigenvalue weighted by atomic mass is 9.88. The minimum atomic E-state index is -0.848. The highest BCUT2D eigenvalue weighted by molar-refractivity contribution is 7.19. The van der Waals surface area contributed by atoms with Crippen LogP contribution >= 0.6 is 35.1 Å². The van der Waals surface area contributed by atoms with E-state index in [4.69, 9.17) is 29.9 Å². The lowest BCUT2D eigenvalue weighted by Gasteiger charge is -2.22. The molecule has 0 radical (unpaired) electrons. The third-order valence-corrected chi connectivity index (χ3v) is 11.8. The van der Waals surface area contributed by atoms with Gasteiger partial charge in [-0.15, -0.1) is 12.4 Å². The molecule has 11 nitrogen and oxygen atoms in total. The zero-order valence-corrected chi connectivity index (χ0v) is 38.5. The van der Waals surface area contributed by atoms with E-state index in [1.807, 2.05) is 102 Å². The molecule has 0 amide bonds. The van der Waals surface area contributed by atoms with Crippen LogP contribution in [0.1, 0.15) is 88.3 Å². The van der Waals surface area contributed by atoms with Gasteiger partial charge in [-0.05, 0) is 104 Å². The maximum absolute atomic E-state index is 12.5. The Morgan fingerprint density at radius 3 is 1.54 bits per heavy atom. The summed E-state index contributed by atoms with van der Waals surface area (Å²) >= 11 is 2.95. The summed E-state index contributed by atoms with van der Waals surface area (Å²) in [4.78, 5) is 49.3. The summed E-state index contributed by atoms with van der Waals surface area (Å²) in [7, 11) is 0. The highest BCUT2D eigenvalue weighted by Gasteiger charge is 2.34. The predicted octanol–water partition coefficient (Wildman–Crippen LogP) is 10.7. The molecule has 0 bridgehead atoms. The maximum Gasteiger partial charge on any atom is 0.317 e. The lowest BCUT2D eigenvalue weighted by molar-refractivity contribution is -0.149. The fourth-order valence-corrected chi connectivity index (χ4v) is 7.91. The van der Waals surface area contributed by atoms with Crippen LogP contribution in [0.5, 0.6) is 0 Å². The van der Waals surface area contributed by atoms with E-state index in [9.17, 15) is 9.59 Å². The summed E-state index contributed by atoms with van der Waals surface area (Å²) in [6.07, 6.45) is 5.98. The van der Waals surface area contributed by atoms with Gasteiger partial charge in [0.15, 0.2) is 5.13 Å². The number of aryl methyl sites for hydroxylation is 2. The molecule has 61 heavy (non-hydrogen) atoms. The Balaban J connectivity index is 0.000000257. The normalized spacial score (nSPS) is 12.1. The van der Waals surface area contributed by atoms with Crippen LogP contribution < -0.4 is 5.73 Å². The monoisotopic (exact) mass is 882 g/mol. The van der Waals surface area contributed by atoms with Crippen molar-refractivity contribution < 1.29 is 23.8 Å². The number of hydrogen-bond donors (Lipinski definition) is 1. The molecule has 0 atom stereocenters. The molecule has 0 aliphatic carbocycles. The first-order valence-electron chi connectivity index (χ1n) is 20.0. The molecule has 14 heteroatoms. The van der Waals surface area contributed by atoms with E-state index in [0.717, 1.165) is 62.3 Å². The first kappa shape index (κ1) is 48.3. The number of pyridine rings is 2. The number of ether oxygens (including phenoxy) is 3. The highest BCUT2D eigenvalue weighted by Crippen LogP contribution is 2.37. The van der Waals surface area contributed by atoms with Crippen molar-refractivity contribution in [3.8, 4) is 20.9 Å². The van der Waals surface area contributed by atoms with Crippen molar-refractivity contribution in [3.05, 3.63) is 131 Å². The number of carbonyl (C=O) groups excluding carboxylic acids is 2. The van der Waals surface area contributed by atoms with Crippen LogP contribution in [0.3, 0.4) is 0 Å². The molecule has 7 rings (SSSR count). The Bertz CT molecular complexity index is 2330. The zero-order valence-electron chi connectivity index (χ0n) is 36.1. The molecule has 1 aliphatic rings. The molecule has 5 heterocycles. The Morgan fingerprint density at radius 1 is 0.705 bits per heavy atom. The van der Waals surface area contributed by atoms with Crippen molar-refractivity contribution in [2.75, 3.05) is 32.2 Å². The third kappa shape index (κ3) is 12.6. The molecule has 0 saturated carbocycles. The Labute approximate surface area is 373 Å². The molecule has 1 fully saturated rings. The predicted molar refractivity (Wildman–Crippen MR) is 249 cm³/mol. The SMILES string of the molecule is C1CCOC1.CCOC(=O)C(C)(C)c1cc(-c2sc(N)nc2C)ccn1.CCOC(=O)C(C)(C)c1cc(-c2sc(N=C(c3ccccc3)c3ccccc3)nc2C)ccn1.Cl. The number of aromatic nitrogens is 4. The van der Waals surface area contributed by atoms with E-state index in [1.165, 1.54) is 35.5 Å². The molecular formula is C47H55ClN6O5S2. The van der Waals surface area contributed by atoms with E-state index in [0.29, 0.717) is 34.9 Å². The van der Waals surface area contributed by atoms with Gasteiger partial charge in [-0.25, -0.2) is 15.0 Å². The van der Waals surface area contributed by atoms with Gasteiger partial charge in [0.2, 0.25) is 5.13 Å². The van der Waals surface area contributed by atoms with Gasteiger partial charge in [-0.3, -0.25) is 19.6 Å². The van der Waals surface area contributed by atoms with E-state index >= 15 is 0 Å². The number of nitrogens with two attached hydrogens (primary N) is 1. The van der Waals surface area contributed by atoms with Crippen LogP contribution in [0, 0.1) is 13.8 Å². The third-order valence-electron chi connectivity index (χ3n) is 9.62.